The van der Waals surface area contributed by atoms with Crippen LogP contribution in [0.4, 0.5) is 0 Å². The fourth-order valence-corrected chi connectivity index (χ4v) is 7.14. The third-order valence-corrected chi connectivity index (χ3v) is 9.15. The fourth-order valence-electron chi connectivity index (χ4n) is 4.25. The van der Waals surface area contributed by atoms with E-state index in [1.54, 1.807) is 0 Å². The molecule has 2 atom stereocenters. The SMILES string of the molecule is c1ccc(P(CCN[C@@H]2CCCC[C@H]2NCc2cccs2)c2ccccc2)cc1. The van der Waals surface area contributed by atoms with E-state index in [-0.39, 0.29) is 7.92 Å². The van der Waals surface area contributed by atoms with Gasteiger partial charge in [0.1, 0.15) is 0 Å². The topological polar surface area (TPSA) is 24.1 Å². The molecular formula is C25H31N2PS. The lowest BCUT2D eigenvalue weighted by molar-refractivity contribution is 0.287. The summed E-state index contributed by atoms with van der Waals surface area (Å²) < 4.78 is 0. The standard InChI is InChI=1S/C25H31N2PS/c1-3-10-21(11-4-1)28(22-12-5-2-6-13-22)18-17-26-24-15-7-8-16-25(24)27-20-23-14-9-19-29-23/h1-6,9-14,19,24-27H,7-8,15-18,20H2/t24-,25-/m1/s1. The van der Waals surface area contributed by atoms with Crippen molar-refractivity contribution in [2.75, 3.05) is 12.7 Å². The Balaban J connectivity index is 1.35. The summed E-state index contributed by atoms with van der Waals surface area (Å²) in [5.74, 6) is 0. The Hall–Kier alpha value is -1.51. The fraction of sp³-hybridized carbons (Fsp3) is 0.360. The lowest BCUT2D eigenvalue weighted by atomic mass is 9.90. The van der Waals surface area contributed by atoms with Gasteiger partial charge in [-0.25, -0.2) is 0 Å². The highest BCUT2D eigenvalue weighted by Crippen LogP contribution is 2.32. The van der Waals surface area contributed by atoms with E-state index in [1.165, 1.54) is 47.3 Å². The molecule has 1 heterocycles. The largest absolute Gasteiger partial charge is 0.312 e. The molecule has 0 amide bonds. The summed E-state index contributed by atoms with van der Waals surface area (Å²) in [5.41, 5.74) is 0. The van der Waals surface area contributed by atoms with Crippen molar-refractivity contribution in [3.05, 3.63) is 83.1 Å². The molecule has 1 saturated carbocycles. The van der Waals surface area contributed by atoms with Crippen LogP contribution in [0, 0.1) is 0 Å². The number of nitrogens with one attached hydrogen (secondary N) is 2. The van der Waals surface area contributed by atoms with Crippen molar-refractivity contribution in [1.82, 2.24) is 10.6 Å². The van der Waals surface area contributed by atoms with Crippen LogP contribution in [0.1, 0.15) is 30.6 Å². The van der Waals surface area contributed by atoms with E-state index in [0.717, 1.165) is 13.1 Å². The number of hydrogen-bond acceptors (Lipinski definition) is 3. The lowest BCUT2D eigenvalue weighted by Gasteiger charge is -2.33. The Bertz CT molecular complexity index is 783. The van der Waals surface area contributed by atoms with Crippen LogP contribution in [-0.2, 0) is 6.54 Å². The van der Waals surface area contributed by atoms with Crippen LogP contribution < -0.4 is 21.2 Å². The van der Waals surface area contributed by atoms with Gasteiger partial charge in [0.25, 0.3) is 0 Å². The molecule has 0 radical (unpaired) electrons. The first-order valence-corrected chi connectivity index (χ1v) is 13.2. The summed E-state index contributed by atoms with van der Waals surface area (Å²) in [7, 11) is -0.311. The van der Waals surface area contributed by atoms with Gasteiger partial charge in [-0.2, -0.15) is 0 Å². The van der Waals surface area contributed by atoms with Gasteiger partial charge >= 0.3 is 0 Å². The molecule has 0 unspecified atom stereocenters. The normalized spacial score (nSPS) is 19.5. The highest BCUT2D eigenvalue weighted by Gasteiger charge is 2.24. The van der Waals surface area contributed by atoms with Crippen molar-refractivity contribution < 1.29 is 0 Å². The zero-order valence-electron chi connectivity index (χ0n) is 17.0. The molecule has 0 spiro atoms. The lowest BCUT2D eigenvalue weighted by Crippen LogP contribution is -2.50. The number of rotatable bonds is 9. The molecule has 1 aliphatic rings. The van der Waals surface area contributed by atoms with Gasteiger partial charge in [0, 0.05) is 23.5 Å². The predicted molar refractivity (Wildman–Crippen MR) is 129 cm³/mol. The molecule has 1 aromatic heterocycles. The summed E-state index contributed by atoms with van der Waals surface area (Å²) in [4.78, 5) is 1.44. The number of hydrogen-bond donors (Lipinski definition) is 2. The van der Waals surface area contributed by atoms with Crippen LogP contribution in [0.3, 0.4) is 0 Å². The predicted octanol–water partition coefficient (Wildman–Crippen LogP) is 4.87. The zero-order valence-corrected chi connectivity index (χ0v) is 18.7. The quantitative estimate of drug-likeness (QED) is 0.481. The van der Waals surface area contributed by atoms with Crippen LogP contribution in [0.25, 0.3) is 0 Å². The molecule has 3 aromatic rings. The second-order valence-corrected chi connectivity index (χ2v) is 11.1. The number of benzene rings is 2. The summed E-state index contributed by atoms with van der Waals surface area (Å²) in [5, 5.41) is 12.9. The maximum absolute atomic E-state index is 3.93. The second kappa shape index (κ2) is 11.0. The molecule has 152 valence electrons. The Morgan fingerprint density at radius 3 is 1.97 bits per heavy atom. The summed E-state index contributed by atoms with van der Waals surface area (Å²) in [6.07, 6.45) is 6.46. The minimum absolute atomic E-state index is 0.311. The van der Waals surface area contributed by atoms with Gasteiger partial charge < -0.3 is 10.6 Å². The minimum atomic E-state index is -0.311. The minimum Gasteiger partial charge on any atom is -0.312 e. The molecule has 0 bridgehead atoms. The molecule has 2 N–H and O–H groups in total. The molecular weight excluding hydrogens is 391 g/mol. The van der Waals surface area contributed by atoms with E-state index in [1.807, 2.05) is 11.3 Å². The zero-order chi connectivity index (χ0) is 19.7. The van der Waals surface area contributed by atoms with Crippen LogP contribution in [0.15, 0.2) is 78.2 Å². The summed E-state index contributed by atoms with van der Waals surface area (Å²) in [6.45, 7) is 2.08. The monoisotopic (exact) mass is 422 g/mol. The molecule has 4 heteroatoms. The molecule has 2 nitrogen and oxygen atoms in total. The van der Waals surface area contributed by atoms with E-state index in [4.69, 9.17) is 0 Å². The first-order valence-electron chi connectivity index (χ1n) is 10.8. The summed E-state index contributed by atoms with van der Waals surface area (Å²) in [6, 6.07) is 27.7. The average Bonchev–Trinajstić information content (AvgIpc) is 3.31. The van der Waals surface area contributed by atoms with Gasteiger partial charge in [-0.1, -0.05) is 79.6 Å². The molecule has 1 fully saturated rings. The van der Waals surface area contributed by atoms with Crippen molar-refractivity contribution in [3.63, 3.8) is 0 Å². The van der Waals surface area contributed by atoms with E-state index in [9.17, 15) is 0 Å². The van der Waals surface area contributed by atoms with Crippen LogP contribution >= 0.6 is 19.3 Å². The van der Waals surface area contributed by atoms with E-state index < -0.39 is 0 Å². The Morgan fingerprint density at radius 2 is 1.38 bits per heavy atom. The van der Waals surface area contributed by atoms with Crippen molar-refractivity contribution in [3.8, 4) is 0 Å². The Labute approximate surface area is 180 Å². The molecule has 29 heavy (non-hydrogen) atoms. The van der Waals surface area contributed by atoms with Crippen LogP contribution in [-0.4, -0.2) is 24.8 Å². The molecule has 2 aromatic carbocycles. The molecule has 1 aliphatic carbocycles. The van der Waals surface area contributed by atoms with Crippen molar-refractivity contribution in [1.29, 1.82) is 0 Å². The molecule has 4 rings (SSSR count). The Morgan fingerprint density at radius 1 is 0.759 bits per heavy atom. The van der Waals surface area contributed by atoms with E-state index >= 15 is 0 Å². The van der Waals surface area contributed by atoms with Gasteiger partial charge in [0.05, 0.1) is 0 Å². The second-order valence-electron chi connectivity index (χ2n) is 7.73. The molecule has 0 aliphatic heterocycles. The number of thiophene rings is 1. The van der Waals surface area contributed by atoms with E-state index in [0.29, 0.717) is 12.1 Å². The third kappa shape index (κ3) is 5.99. The maximum Gasteiger partial charge on any atom is 0.0302 e. The van der Waals surface area contributed by atoms with Crippen molar-refractivity contribution >= 4 is 29.9 Å². The van der Waals surface area contributed by atoms with Crippen molar-refractivity contribution in [2.45, 2.75) is 44.3 Å². The smallest absolute Gasteiger partial charge is 0.0302 e. The highest BCUT2D eigenvalue weighted by molar-refractivity contribution is 7.73. The summed E-state index contributed by atoms with van der Waals surface area (Å²) >= 11 is 1.85. The third-order valence-electron chi connectivity index (χ3n) is 5.76. The average molecular weight is 423 g/mol. The first kappa shape index (κ1) is 20.8. The van der Waals surface area contributed by atoms with E-state index in [2.05, 4.69) is 88.8 Å². The van der Waals surface area contributed by atoms with Crippen molar-refractivity contribution in [2.24, 2.45) is 0 Å². The first-order chi connectivity index (χ1) is 14.4. The van der Waals surface area contributed by atoms with Crippen LogP contribution in [0.5, 0.6) is 0 Å². The molecule has 0 saturated heterocycles. The van der Waals surface area contributed by atoms with Crippen LogP contribution in [0.2, 0.25) is 0 Å². The Kier molecular flexibility index (Phi) is 7.90. The van der Waals surface area contributed by atoms with Gasteiger partial charge in [0.2, 0.25) is 0 Å². The highest BCUT2D eigenvalue weighted by atomic mass is 32.1. The maximum atomic E-state index is 3.93. The van der Waals surface area contributed by atoms with Gasteiger partial charge in [0.15, 0.2) is 0 Å². The van der Waals surface area contributed by atoms with Gasteiger partial charge in [-0.05, 0) is 55.5 Å². The van der Waals surface area contributed by atoms with Gasteiger partial charge in [-0.15, -0.1) is 11.3 Å². The van der Waals surface area contributed by atoms with Gasteiger partial charge in [-0.3, -0.25) is 0 Å².